The molecule has 0 atom stereocenters. The normalized spacial score (nSPS) is 11.6. The maximum Gasteiger partial charge on any atom is 0.268 e. The second kappa shape index (κ2) is 10.1. The quantitative estimate of drug-likeness (QED) is 0.371. The molecule has 0 fully saturated rings. The fourth-order valence-corrected chi connectivity index (χ4v) is 4.25. The minimum atomic E-state index is -3.59. The van der Waals surface area contributed by atoms with E-state index in [0.717, 1.165) is 11.8 Å². The molecule has 0 saturated heterocycles. The monoisotopic (exact) mass is 508 g/mol. The number of aromatic nitrogens is 2. The van der Waals surface area contributed by atoms with Crippen LogP contribution in [0.25, 0.3) is 6.08 Å². The van der Waals surface area contributed by atoms with Crippen molar-refractivity contribution in [1.82, 2.24) is 9.36 Å². The molecule has 0 radical (unpaired) electrons. The second-order valence-corrected chi connectivity index (χ2v) is 9.88. The van der Waals surface area contributed by atoms with Crippen molar-refractivity contribution < 1.29 is 17.9 Å². The van der Waals surface area contributed by atoms with Gasteiger partial charge in [-0.05, 0) is 35.9 Å². The van der Waals surface area contributed by atoms with Crippen molar-refractivity contribution in [1.29, 1.82) is 5.26 Å². The molecule has 164 valence electrons. The minimum absolute atomic E-state index is 0.0267. The summed E-state index contributed by atoms with van der Waals surface area (Å²) in [4.78, 5) is 16.1. The molecule has 1 aromatic heterocycles. The van der Waals surface area contributed by atoms with E-state index in [1.807, 2.05) is 6.07 Å². The van der Waals surface area contributed by atoms with Gasteiger partial charge >= 0.3 is 0 Å². The summed E-state index contributed by atoms with van der Waals surface area (Å²) in [5.41, 5.74) is 1.17. The molecule has 2 aromatic carbocycles. The number of benzene rings is 2. The Balaban J connectivity index is 1.66. The maximum absolute atomic E-state index is 12.3. The Morgan fingerprint density at radius 1 is 1.25 bits per heavy atom. The van der Waals surface area contributed by atoms with Gasteiger partial charge in [0.25, 0.3) is 11.1 Å². The number of nitrogens with one attached hydrogen (secondary N) is 1. The summed E-state index contributed by atoms with van der Waals surface area (Å²) in [7, 11) is -3.59. The lowest BCUT2D eigenvalue weighted by atomic mass is 10.1. The number of hydrogen-bond acceptors (Lipinski definition) is 8. The number of carbonyl (C=O) groups is 1. The summed E-state index contributed by atoms with van der Waals surface area (Å²) in [6.45, 7) is 0.244. The highest BCUT2D eigenvalue weighted by Crippen LogP contribution is 2.23. The van der Waals surface area contributed by atoms with Crippen molar-refractivity contribution in [3.05, 3.63) is 69.2 Å². The van der Waals surface area contributed by atoms with E-state index >= 15 is 0 Å². The van der Waals surface area contributed by atoms with Gasteiger partial charge < -0.3 is 4.74 Å². The Bertz CT molecular complexity index is 1330. The number of halogens is 2. The first-order valence-corrected chi connectivity index (χ1v) is 12.2. The Morgan fingerprint density at radius 2 is 1.97 bits per heavy atom. The lowest BCUT2D eigenvalue weighted by molar-refractivity contribution is -0.112. The summed E-state index contributed by atoms with van der Waals surface area (Å²) < 4.78 is 32.2. The van der Waals surface area contributed by atoms with E-state index in [-0.39, 0.29) is 17.3 Å². The van der Waals surface area contributed by atoms with E-state index in [9.17, 15) is 18.5 Å². The third-order valence-electron chi connectivity index (χ3n) is 3.93. The third-order valence-corrected chi connectivity index (χ3v) is 6.10. The topological polar surface area (TPSA) is 122 Å². The zero-order chi connectivity index (χ0) is 23.3. The number of hydrogen-bond donors (Lipinski definition) is 1. The number of ether oxygens (including phenoxy) is 1. The van der Waals surface area contributed by atoms with Gasteiger partial charge in [0, 0.05) is 33.4 Å². The molecule has 12 heteroatoms. The van der Waals surface area contributed by atoms with E-state index in [0.29, 0.717) is 32.9 Å². The summed E-state index contributed by atoms with van der Waals surface area (Å²) in [5, 5.41) is 12.3. The Morgan fingerprint density at radius 3 is 2.56 bits per heavy atom. The average molecular weight is 509 g/mol. The zero-order valence-corrected chi connectivity index (χ0v) is 19.5. The molecule has 0 bridgehead atoms. The molecular weight excluding hydrogens is 495 g/mol. The molecule has 0 aliphatic rings. The van der Waals surface area contributed by atoms with Crippen LogP contribution in [0.4, 0.5) is 5.13 Å². The smallest absolute Gasteiger partial charge is 0.268 e. The predicted molar refractivity (Wildman–Crippen MR) is 122 cm³/mol. The first kappa shape index (κ1) is 23.7. The Kier molecular flexibility index (Phi) is 7.48. The molecule has 1 heterocycles. The largest absolute Gasteiger partial charge is 0.489 e. The molecule has 0 unspecified atom stereocenters. The van der Waals surface area contributed by atoms with Crippen molar-refractivity contribution in [3.63, 3.8) is 0 Å². The highest BCUT2D eigenvalue weighted by atomic mass is 35.5. The molecular formula is C20H14Cl2N4O4S2. The van der Waals surface area contributed by atoms with Gasteiger partial charge in [-0.15, -0.1) is 0 Å². The van der Waals surface area contributed by atoms with Crippen molar-refractivity contribution in [3.8, 4) is 11.8 Å². The van der Waals surface area contributed by atoms with Gasteiger partial charge in [0.1, 0.15) is 24.0 Å². The number of nitriles is 1. The highest BCUT2D eigenvalue weighted by molar-refractivity contribution is 7.90. The molecule has 3 aromatic rings. The first-order chi connectivity index (χ1) is 15.2. The van der Waals surface area contributed by atoms with Crippen molar-refractivity contribution >= 4 is 61.7 Å². The summed E-state index contributed by atoms with van der Waals surface area (Å²) in [6, 6.07) is 13.7. The second-order valence-electron chi connectivity index (χ2n) is 6.37. The van der Waals surface area contributed by atoms with E-state index in [1.54, 1.807) is 42.5 Å². The summed E-state index contributed by atoms with van der Waals surface area (Å²) in [6.07, 6.45) is 2.34. The molecule has 0 aliphatic heterocycles. The first-order valence-electron chi connectivity index (χ1n) is 8.79. The molecule has 0 aliphatic carbocycles. The van der Waals surface area contributed by atoms with Crippen LogP contribution in [0, 0.1) is 11.3 Å². The molecule has 1 amide bonds. The molecule has 32 heavy (non-hydrogen) atoms. The number of sulfone groups is 1. The average Bonchev–Trinajstić information content (AvgIpc) is 3.21. The number of rotatable bonds is 7. The Hall–Kier alpha value is -2.97. The SMILES string of the molecule is CS(=O)(=O)c1nsc(NC(=O)/C(C#N)=C\c2ccc(OCc3ccc(Cl)cc3Cl)cc2)n1. The minimum Gasteiger partial charge on any atom is -0.489 e. The van der Waals surface area contributed by atoms with Crippen LogP contribution in [-0.2, 0) is 21.2 Å². The zero-order valence-electron chi connectivity index (χ0n) is 16.4. The lowest BCUT2D eigenvalue weighted by Crippen LogP contribution is -2.13. The summed E-state index contributed by atoms with van der Waals surface area (Å²) in [5.74, 6) is -0.167. The fourth-order valence-electron chi connectivity index (χ4n) is 2.35. The van der Waals surface area contributed by atoms with Crippen LogP contribution in [0.15, 0.2) is 53.2 Å². The van der Waals surface area contributed by atoms with Gasteiger partial charge in [-0.2, -0.15) is 14.6 Å². The van der Waals surface area contributed by atoms with Crippen molar-refractivity contribution in [2.24, 2.45) is 0 Å². The lowest BCUT2D eigenvalue weighted by Gasteiger charge is -2.08. The van der Waals surface area contributed by atoms with Gasteiger partial charge in [-0.25, -0.2) is 8.42 Å². The standard InChI is InChI=1S/C20H14Cl2N4O4S2/c1-32(28,29)20-25-19(31-26-20)24-18(27)14(10-23)8-12-2-6-16(7-3-12)30-11-13-4-5-15(21)9-17(13)22/h2-9H,11H2,1H3,(H,24,25,26,27)/b14-8-. The molecule has 8 nitrogen and oxygen atoms in total. The van der Waals surface area contributed by atoms with Crippen LogP contribution in [0.2, 0.25) is 10.0 Å². The van der Waals surface area contributed by atoms with E-state index in [4.69, 9.17) is 27.9 Å². The highest BCUT2D eigenvalue weighted by Gasteiger charge is 2.17. The van der Waals surface area contributed by atoms with Crippen molar-refractivity contribution in [2.75, 3.05) is 11.6 Å². The van der Waals surface area contributed by atoms with Crippen LogP contribution in [0.3, 0.4) is 0 Å². The van der Waals surface area contributed by atoms with E-state index in [1.165, 1.54) is 6.08 Å². The Labute approximate surface area is 198 Å². The molecule has 3 rings (SSSR count). The predicted octanol–water partition coefficient (Wildman–Crippen LogP) is 4.37. The van der Waals surface area contributed by atoms with Crippen LogP contribution in [0.1, 0.15) is 11.1 Å². The summed E-state index contributed by atoms with van der Waals surface area (Å²) >= 11 is 12.7. The molecule has 0 saturated carbocycles. The van der Waals surface area contributed by atoms with E-state index < -0.39 is 20.9 Å². The van der Waals surface area contributed by atoms with Gasteiger partial charge in [0.2, 0.25) is 15.0 Å². The fraction of sp³-hybridized carbons (Fsp3) is 0.100. The third kappa shape index (κ3) is 6.27. The van der Waals surface area contributed by atoms with Crippen LogP contribution >= 0.6 is 34.7 Å². The molecule has 1 N–H and O–H groups in total. The van der Waals surface area contributed by atoms with Crippen LogP contribution < -0.4 is 10.1 Å². The van der Waals surface area contributed by atoms with Gasteiger partial charge in [-0.1, -0.05) is 41.4 Å². The number of nitrogens with zero attached hydrogens (tertiary/aromatic N) is 3. The van der Waals surface area contributed by atoms with Gasteiger partial charge in [0.15, 0.2) is 0 Å². The number of anilines is 1. The van der Waals surface area contributed by atoms with Gasteiger partial charge in [0.05, 0.1) is 0 Å². The van der Waals surface area contributed by atoms with Crippen molar-refractivity contribution in [2.45, 2.75) is 11.8 Å². The molecule has 0 spiro atoms. The maximum atomic E-state index is 12.3. The van der Waals surface area contributed by atoms with Gasteiger partial charge in [-0.3, -0.25) is 10.1 Å². The number of amides is 1. The van der Waals surface area contributed by atoms with Crippen LogP contribution in [-0.4, -0.2) is 29.9 Å². The number of carbonyl (C=O) groups excluding carboxylic acids is 1. The van der Waals surface area contributed by atoms with Crippen LogP contribution in [0.5, 0.6) is 5.75 Å². The van der Waals surface area contributed by atoms with E-state index in [2.05, 4.69) is 14.7 Å².